The van der Waals surface area contributed by atoms with Crippen LogP contribution in [0.15, 0.2) is 24.3 Å². The maximum absolute atomic E-state index is 12.2. The van der Waals surface area contributed by atoms with Crippen LogP contribution in [-0.4, -0.2) is 39.5 Å². The number of carbonyl (C=O) groups is 2. The zero-order valence-corrected chi connectivity index (χ0v) is 16.6. The standard InChI is InChI=1S/C20H26N6O3/c1-12-22-13(2)26(25-12)11-17(27)21-10-14-5-7-15(8-6-14)18-16-4-3-9-29-19(16)24-20(28)23-18/h5-8,16,18-19H,3-4,9-11H2,1-2H3,(H,21,27)(H2,23,24,28)/t16-,18-,19-/m0/s1. The van der Waals surface area contributed by atoms with Crippen molar-refractivity contribution in [2.24, 2.45) is 5.92 Å². The smallest absolute Gasteiger partial charge is 0.317 e. The van der Waals surface area contributed by atoms with Gasteiger partial charge >= 0.3 is 6.03 Å². The van der Waals surface area contributed by atoms with E-state index in [1.165, 1.54) is 0 Å². The molecular weight excluding hydrogens is 372 g/mol. The van der Waals surface area contributed by atoms with Crippen LogP contribution in [0.25, 0.3) is 0 Å². The molecule has 0 spiro atoms. The molecule has 0 saturated carbocycles. The highest BCUT2D eigenvalue weighted by molar-refractivity contribution is 5.76. The van der Waals surface area contributed by atoms with Crippen LogP contribution in [0.2, 0.25) is 0 Å². The highest BCUT2D eigenvalue weighted by Gasteiger charge is 2.39. The lowest BCUT2D eigenvalue weighted by molar-refractivity contribution is -0.122. The van der Waals surface area contributed by atoms with E-state index in [9.17, 15) is 9.59 Å². The number of urea groups is 1. The number of fused-ring (bicyclic) bond motifs is 1. The van der Waals surface area contributed by atoms with Gasteiger partial charge in [0.2, 0.25) is 5.91 Å². The summed E-state index contributed by atoms with van der Waals surface area (Å²) in [6.45, 7) is 4.89. The molecule has 0 bridgehead atoms. The summed E-state index contributed by atoms with van der Waals surface area (Å²) in [6.07, 6.45) is 1.76. The molecule has 4 rings (SSSR count). The maximum Gasteiger partial charge on any atom is 0.317 e. The van der Waals surface area contributed by atoms with Crippen molar-refractivity contribution in [1.29, 1.82) is 0 Å². The summed E-state index contributed by atoms with van der Waals surface area (Å²) < 4.78 is 7.31. The first kappa shape index (κ1) is 19.4. The van der Waals surface area contributed by atoms with Gasteiger partial charge in [-0.25, -0.2) is 14.5 Å². The van der Waals surface area contributed by atoms with Crippen molar-refractivity contribution in [3.63, 3.8) is 0 Å². The lowest BCUT2D eigenvalue weighted by Crippen LogP contribution is -2.58. The first-order chi connectivity index (χ1) is 14.0. The number of benzene rings is 1. The summed E-state index contributed by atoms with van der Waals surface area (Å²) in [6, 6.07) is 7.70. The first-order valence-corrected chi connectivity index (χ1v) is 9.92. The molecule has 2 saturated heterocycles. The van der Waals surface area contributed by atoms with Gasteiger partial charge in [0.25, 0.3) is 0 Å². The summed E-state index contributed by atoms with van der Waals surface area (Å²) in [4.78, 5) is 28.3. The SMILES string of the molecule is Cc1nc(C)n(CC(=O)NCc2ccc([C@@H]3NC(=O)N[C@H]4OCCC[C@H]43)cc2)n1. The molecule has 2 aliphatic rings. The Labute approximate surface area is 169 Å². The molecule has 0 unspecified atom stereocenters. The van der Waals surface area contributed by atoms with Crippen molar-refractivity contribution in [2.75, 3.05) is 6.61 Å². The molecule has 154 valence electrons. The van der Waals surface area contributed by atoms with Crippen LogP contribution in [0.3, 0.4) is 0 Å². The number of aryl methyl sites for hydroxylation is 2. The summed E-state index contributed by atoms with van der Waals surface area (Å²) in [5.74, 6) is 1.47. The number of nitrogens with one attached hydrogen (secondary N) is 3. The van der Waals surface area contributed by atoms with Gasteiger partial charge in [-0.2, -0.15) is 5.10 Å². The Morgan fingerprint density at radius 1 is 1.28 bits per heavy atom. The van der Waals surface area contributed by atoms with Gasteiger partial charge in [0, 0.05) is 19.1 Å². The number of carbonyl (C=O) groups excluding carboxylic acids is 2. The van der Waals surface area contributed by atoms with Crippen LogP contribution in [-0.2, 0) is 22.6 Å². The minimum absolute atomic E-state index is 0.0729. The molecule has 2 fully saturated rings. The molecule has 1 aromatic heterocycles. The zero-order chi connectivity index (χ0) is 20.4. The molecule has 9 nitrogen and oxygen atoms in total. The normalized spacial score (nSPS) is 23.7. The van der Waals surface area contributed by atoms with Crippen LogP contribution < -0.4 is 16.0 Å². The van der Waals surface area contributed by atoms with Crippen molar-refractivity contribution in [2.45, 2.75) is 52.0 Å². The van der Waals surface area contributed by atoms with Crippen LogP contribution in [0, 0.1) is 19.8 Å². The zero-order valence-electron chi connectivity index (χ0n) is 16.6. The Bertz CT molecular complexity index is 894. The minimum Gasteiger partial charge on any atom is -0.358 e. The number of nitrogens with zero attached hydrogens (tertiary/aromatic N) is 3. The fourth-order valence-corrected chi connectivity index (χ4v) is 3.99. The molecule has 3 heterocycles. The third-order valence-corrected chi connectivity index (χ3v) is 5.44. The van der Waals surface area contributed by atoms with Crippen molar-refractivity contribution in [3.8, 4) is 0 Å². The summed E-state index contributed by atoms with van der Waals surface area (Å²) in [5.41, 5.74) is 2.04. The van der Waals surface area contributed by atoms with E-state index in [4.69, 9.17) is 4.74 Å². The van der Waals surface area contributed by atoms with Crippen molar-refractivity contribution < 1.29 is 14.3 Å². The van der Waals surface area contributed by atoms with Gasteiger partial charge in [-0.15, -0.1) is 0 Å². The fraction of sp³-hybridized carbons (Fsp3) is 0.500. The summed E-state index contributed by atoms with van der Waals surface area (Å²) >= 11 is 0. The van der Waals surface area contributed by atoms with E-state index in [-0.39, 0.29) is 36.7 Å². The third kappa shape index (κ3) is 4.40. The number of rotatable bonds is 5. The molecule has 2 aliphatic heterocycles. The Kier molecular flexibility index (Phi) is 5.48. The highest BCUT2D eigenvalue weighted by atomic mass is 16.5. The maximum atomic E-state index is 12.2. The van der Waals surface area contributed by atoms with Gasteiger partial charge in [0.15, 0.2) is 0 Å². The number of aromatic nitrogens is 3. The third-order valence-electron chi connectivity index (χ3n) is 5.44. The molecule has 2 aromatic rings. The molecule has 0 aliphatic carbocycles. The number of amides is 3. The van der Waals surface area contributed by atoms with Crippen molar-refractivity contribution >= 4 is 11.9 Å². The second kappa shape index (κ2) is 8.20. The van der Waals surface area contributed by atoms with Crippen molar-refractivity contribution in [3.05, 3.63) is 47.0 Å². The predicted octanol–water partition coefficient (Wildman–Crippen LogP) is 1.32. The number of hydrogen-bond acceptors (Lipinski definition) is 5. The molecular formula is C20H26N6O3. The van der Waals surface area contributed by atoms with E-state index in [1.54, 1.807) is 11.6 Å². The van der Waals surface area contributed by atoms with E-state index >= 15 is 0 Å². The Morgan fingerprint density at radius 3 is 2.79 bits per heavy atom. The predicted molar refractivity (Wildman–Crippen MR) is 105 cm³/mol. The van der Waals surface area contributed by atoms with E-state index in [0.717, 1.165) is 29.8 Å². The van der Waals surface area contributed by atoms with Gasteiger partial charge in [0.05, 0.1) is 6.04 Å². The Balaban J connectivity index is 1.35. The van der Waals surface area contributed by atoms with Crippen LogP contribution in [0.4, 0.5) is 4.79 Å². The van der Waals surface area contributed by atoms with Gasteiger partial charge in [0.1, 0.15) is 24.4 Å². The summed E-state index contributed by atoms with van der Waals surface area (Å²) in [5, 5.41) is 13.0. The van der Waals surface area contributed by atoms with Gasteiger partial charge in [-0.3, -0.25) is 4.79 Å². The average molecular weight is 398 g/mol. The molecule has 0 radical (unpaired) electrons. The molecule has 1 aromatic carbocycles. The molecule has 9 heteroatoms. The van der Waals surface area contributed by atoms with Crippen LogP contribution in [0.5, 0.6) is 0 Å². The molecule has 29 heavy (non-hydrogen) atoms. The lowest BCUT2D eigenvalue weighted by atomic mass is 9.85. The fourth-order valence-electron chi connectivity index (χ4n) is 3.99. The van der Waals surface area contributed by atoms with Gasteiger partial charge in [-0.1, -0.05) is 24.3 Å². The molecule has 3 N–H and O–H groups in total. The molecule has 3 atom stereocenters. The highest BCUT2D eigenvalue weighted by Crippen LogP contribution is 2.34. The minimum atomic E-state index is -0.231. The number of ether oxygens (including phenoxy) is 1. The van der Waals surface area contributed by atoms with Crippen molar-refractivity contribution in [1.82, 2.24) is 30.7 Å². The molecule has 3 amide bonds. The first-order valence-electron chi connectivity index (χ1n) is 9.92. The topological polar surface area (TPSA) is 110 Å². The summed E-state index contributed by atoms with van der Waals surface area (Å²) in [7, 11) is 0. The van der Waals surface area contributed by atoms with Crippen LogP contribution >= 0.6 is 0 Å². The monoisotopic (exact) mass is 398 g/mol. The average Bonchev–Trinajstić information content (AvgIpc) is 3.02. The largest absolute Gasteiger partial charge is 0.358 e. The number of hydrogen-bond donors (Lipinski definition) is 3. The second-order valence-electron chi connectivity index (χ2n) is 7.58. The van der Waals surface area contributed by atoms with E-state index in [1.807, 2.05) is 31.2 Å². The van der Waals surface area contributed by atoms with Gasteiger partial charge < -0.3 is 20.7 Å². The van der Waals surface area contributed by atoms with E-state index in [2.05, 4.69) is 26.0 Å². The Hall–Kier alpha value is -2.94. The Morgan fingerprint density at radius 2 is 2.07 bits per heavy atom. The second-order valence-corrected chi connectivity index (χ2v) is 7.58. The van der Waals surface area contributed by atoms with E-state index < -0.39 is 0 Å². The lowest BCUT2D eigenvalue weighted by Gasteiger charge is -2.41. The quantitative estimate of drug-likeness (QED) is 0.704. The van der Waals surface area contributed by atoms with Crippen LogP contribution in [0.1, 0.15) is 41.7 Å². The van der Waals surface area contributed by atoms with E-state index in [0.29, 0.717) is 19.0 Å². The van der Waals surface area contributed by atoms with Gasteiger partial charge in [-0.05, 0) is 37.8 Å².